The summed E-state index contributed by atoms with van der Waals surface area (Å²) in [5.41, 5.74) is 0.553. The molecule has 0 aliphatic carbocycles. The van der Waals surface area contributed by atoms with E-state index in [-0.39, 0.29) is 5.02 Å². The molecular weight excluding hydrogens is 195 g/mol. The van der Waals surface area contributed by atoms with Crippen LogP contribution >= 0.6 is 11.6 Å². The molecule has 4 nitrogen and oxygen atoms in total. The summed E-state index contributed by atoms with van der Waals surface area (Å²) >= 11 is 5.76. The fraction of sp³-hybridized carbons (Fsp3) is 0. The minimum absolute atomic E-state index is 0.265. The van der Waals surface area contributed by atoms with Crippen molar-refractivity contribution in [2.24, 2.45) is 0 Å². The van der Waals surface area contributed by atoms with Gasteiger partial charge in [-0.25, -0.2) is 4.39 Å². The summed E-state index contributed by atoms with van der Waals surface area (Å²) in [6.07, 6.45) is 0. The predicted octanol–water partition coefficient (Wildman–Crippen LogP) is 1.66. The van der Waals surface area contributed by atoms with Crippen molar-refractivity contribution in [2.45, 2.75) is 0 Å². The third-order valence-electron chi connectivity index (χ3n) is 1.52. The van der Waals surface area contributed by atoms with Gasteiger partial charge in [-0.2, -0.15) is 5.21 Å². The Hall–Kier alpha value is -1.49. The maximum atomic E-state index is 12.6. The maximum absolute atomic E-state index is 12.6. The Balaban J connectivity index is 2.53. The van der Waals surface area contributed by atoms with E-state index in [0.717, 1.165) is 0 Å². The Kier molecular flexibility index (Phi) is 1.94. The number of tetrazole rings is 1. The second-order valence-electron chi connectivity index (χ2n) is 2.36. The first-order valence-electron chi connectivity index (χ1n) is 3.46. The number of nitrogens with one attached hydrogen (secondary N) is 1. The van der Waals surface area contributed by atoms with Gasteiger partial charge in [0.25, 0.3) is 0 Å². The van der Waals surface area contributed by atoms with Gasteiger partial charge in [-0.1, -0.05) is 11.6 Å². The van der Waals surface area contributed by atoms with Gasteiger partial charge in [-0.05, 0) is 23.4 Å². The van der Waals surface area contributed by atoms with Crippen molar-refractivity contribution >= 4 is 11.6 Å². The fourth-order valence-corrected chi connectivity index (χ4v) is 1.20. The zero-order valence-corrected chi connectivity index (χ0v) is 7.09. The molecule has 0 fully saturated rings. The number of hydrogen-bond donors (Lipinski definition) is 1. The predicted molar refractivity (Wildman–Crippen MR) is 44.6 cm³/mol. The second-order valence-corrected chi connectivity index (χ2v) is 2.77. The topological polar surface area (TPSA) is 54.5 Å². The molecule has 0 aliphatic heterocycles. The van der Waals surface area contributed by atoms with Gasteiger partial charge >= 0.3 is 0 Å². The fourth-order valence-electron chi connectivity index (χ4n) is 0.947. The van der Waals surface area contributed by atoms with Gasteiger partial charge in [0.15, 0.2) is 0 Å². The monoisotopic (exact) mass is 198 g/mol. The molecule has 1 heterocycles. The van der Waals surface area contributed by atoms with E-state index in [4.69, 9.17) is 11.6 Å². The Bertz CT molecular complexity index is 414. The van der Waals surface area contributed by atoms with E-state index in [1.807, 2.05) is 0 Å². The molecule has 0 radical (unpaired) electrons. The van der Waals surface area contributed by atoms with Crippen LogP contribution < -0.4 is 0 Å². The summed E-state index contributed by atoms with van der Waals surface area (Å²) in [6.45, 7) is 0. The molecule has 1 aromatic carbocycles. The number of aromatic amines is 1. The number of H-pyrrole nitrogens is 1. The van der Waals surface area contributed by atoms with Crippen LogP contribution in [0.25, 0.3) is 11.4 Å². The molecule has 0 unspecified atom stereocenters. The van der Waals surface area contributed by atoms with Gasteiger partial charge in [-0.15, -0.1) is 10.2 Å². The van der Waals surface area contributed by atoms with Crippen LogP contribution in [0.1, 0.15) is 0 Å². The van der Waals surface area contributed by atoms with E-state index in [1.165, 1.54) is 18.2 Å². The number of halogens is 2. The lowest BCUT2D eigenvalue weighted by Gasteiger charge is -1.97. The zero-order chi connectivity index (χ0) is 9.26. The number of hydrogen-bond acceptors (Lipinski definition) is 3. The first-order valence-corrected chi connectivity index (χ1v) is 3.84. The summed E-state index contributed by atoms with van der Waals surface area (Å²) < 4.78 is 12.6. The van der Waals surface area contributed by atoms with Crippen molar-refractivity contribution in [2.75, 3.05) is 0 Å². The summed E-state index contributed by atoms with van der Waals surface area (Å²) in [4.78, 5) is 0. The summed E-state index contributed by atoms with van der Waals surface area (Å²) in [7, 11) is 0. The molecule has 0 atom stereocenters. The zero-order valence-electron chi connectivity index (χ0n) is 6.33. The highest BCUT2D eigenvalue weighted by Gasteiger charge is 2.07. The molecule has 0 amide bonds. The van der Waals surface area contributed by atoms with Crippen LogP contribution in [0.2, 0.25) is 5.02 Å². The average Bonchev–Trinajstić information content (AvgIpc) is 2.56. The van der Waals surface area contributed by atoms with Crippen molar-refractivity contribution in [3.63, 3.8) is 0 Å². The summed E-state index contributed by atoms with van der Waals surface area (Å²) in [5.74, 6) is -0.0396. The molecule has 0 bridgehead atoms. The molecule has 13 heavy (non-hydrogen) atoms. The maximum Gasteiger partial charge on any atom is 0.206 e. The van der Waals surface area contributed by atoms with Gasteiger partial charge in [0, 0.05) is 5.56 Å². The van der Waals surface area contributed by atoms with Gasteiger partial charge in [0.2, 0.25) is 5.82 Å². The standard InChI is InChI=1S/C7H4ClFN4/c8-6-3-4(9)1-2-5(6)7-10-12-13-11-7/h1-3H,(H,10,11,12,13). The minimum Gasteiger partial charge on any atom is -0.207 e. The normalized spacial score (nSPS) is 10.3. The first-order chi connectivity index (χ1) is 6.27. The van der Waals surface area contributed by atoms with Crippen molar-refractivity contribution in [1.29, 1.82) is 0 Å². The Morgan fingerprint density at radius 2 is 2.23 bits per heavy atom. The van der Waals surface area contributed by atoms with Gasteiger partial charge in [0.05, 0.1) is 5.02 Å². The third-order valence-corrected chi connectivity index (χ3v) is 1.83. The Morgan fingerprint density at radius 1 is 1.38 bits per heavy atom. The van der Waals surface area contributed by atoms with Crippen molar-refractivity contribution in [1.82, 2.24) is 20.6 Å². The molecule has 1 N–H and O–H groups in total. The van der Waals surface area contributed by atoms with Crippen LogP contribution in [0, 0.1) is 5.82 Å². The van der Waals surface area contributed by atoms with Crippen LogP contribution in [0.15, 0.2) is 18.2 Å². The molecular formula is C7H4ClFN4. The highest BCUT2D eigenvalue weighted by atomic mass is 35.5. The van der Waals surface area contributed by atoms with Crippen LogP contribution in [-0.4, -0.2) is 20.6 Å². The third kappa shape index (κ3) is 1.50. The Morgan fingerprint density at radius 3 is 2.85 bits per heavy atom. The lowest BCUT2D eigenvalue weighted by Crippen LogP contribution is -1.84. The van der Waals surface area contributed by atoms with E-state index < -0.39 is 5.82 Å². The van der Waals surface area contributed by atoms with Gasteiger partial charge < -0.3 is 0 Å². The Labute approximate surface area is 77.7 Å². The van der Waals surface area contributed by atoms with Crippen molar-refractivity contribution in [3.8, 4) is 11.4 Å². The van der Waals surface area contributed by atoms with E-state index in [9.17, 15) is 4.39 Å². The van der Waals surface area contributed by atoms with Crippen LogP contribution in [0.4, 0.5) is 4.39 Å². The molecule has 0 saturated carbocycles. The van der Waals surface area contributed by atoms with Crippen molar-refractivity contribution in [3.05, 3.63) is 29.0 Å². The molecule has 0 aliphatic rings. The molecule has 2 rings (SSSR count). The number of rotatable bonds is 1. The molecule has 66 valence electrons. The van der Waals surface area contributed by atoms with Crippen LogP contribution in [-0.2, 0) is 0 Å². The number of benzene rings is 1. The van der Waals surface area contributed by atoms with E-state index >= 15 is 0 Å². The molecule has 2 aromatic rings. The second kappa shape index (κ2) is 3.10. The van der Waals surface area contributed by atoms with E-state index in [2.05, 4.69) is 20.6 Å². The summed E-state index contributed by atoms with van der Waals surface area (Å²) in [6, 6.07) is 3.99. The quantitative estimate of drug-likeness (QED) is 0.758. The van der Waals surface area contributed by atoms with Crippen LogP contribution in [0.3, 0.4) is 0 Å². The highest BCUT2D eigenvalue weighted by Crippen LogP contribution is 2.24. The minimum atomic E-state index is -0.391. The number of nitrogens with zero attached hydrogens (tertiary/aromatic N) is 3. The molecule has 0 saturated heterocycles. The SMILES string of the molecule is Fc1ccc(-c2nn[nH]n2)c(Cl)c1. The smallest absolute Gasteiger partial charge is 0.206 e. The average molecular weight is 199 g/mol. The molecule has 0 spiro atoms. The van der Waals surface area contributed by atoms with Crippen LogP contribution in [0.5, 0.6) is 0 Å². The summed E-state index contributed by atoms with van der Waals surface area (Å²) in [5, 5.41) is 13.4. The van der Waals surface area contributed by atoms with Gasteiger partial charge in [0.1, 0.15) is 5.82 Å². The lowest BCUT2D eigenvalue weighted by molar-refractivity contribution is 0.628. The molecule has 1 aromatic heterocycles. The lowest BCUT2D eigenvalue weighted by atomic mass is 10.2. The van der Waals surface area contributed by atoms with Gasteiger partial charge in [-0.3, -0.25) is 0 Å². The number of aromatic nitrogens is 4. The van der Waals surface area contributed by atoms with E-state index in [0.29, 0.717) is 11.4 Å². The highest BCUT2D eigenvalue weighted by molar-refractivity contribution is 6.33. The largest absolute Gasteiger partial charge is 0.207 e. The van der Waals surface area contributed by atoms with Crippen molar-refractivity contribution < 1.29 is 4.39 Å². The molecule has 6 heteroatoms. The van der Waals surface area contributed by atoms with E-state index in [1.54, 1.807) is 0 Å². The first kappa shape index (κ1) is 8.12.